The van der Waals surface area contributed by atoms with Gasteiger partial charge in [0.2, 0.25) is 8.45 Å². The smallest absolute Gasteiger partial charge is 0.218 e. The van der Waals surface area contributed by atoms with Gasteiger partial charge in [0.1, 0.15) is 0 Å². The molecule has 6 fully saturated rings. The highest BCUT2D eigenvalue weighted by Gasteiger charge is 2.55. The highest BCUT2D eigenvalue weighted by molar-refractivity contribution is 9.10. The van der Waals surface area contributed by atoms with E-state index in [2.05, 4.69) is 49.5 Å². The Morgan fingerprint density at radius 1 is 1.00 bits per heavy atom. The largest absolute Gasteiger partial charge is 0.320 e. The summed E-state index contributed by atoms with van der Waals surface area (Å²) in [6.45, 7) is 2.38. The third-order valence-corrected chi connectivity index (χ3v) is 10.4. The topological polar surface area (TPSA) is 15.7 Å². The molecule has 4 saturated carbocycles. The fourth-order valence-electron chi connectivity index (χ4n) is 6.87. The van der Waals surface area contributed by atoms with Crippen molar-refractivity contribution in [2.24, 2.45) is 17.8 Å². The predicted octanol–water partition coefficient (Wildman–Crippen LogP) is 5.95. The summed E-state index contributed by atoms with van der Waals surface area (Å²) in [5.74, 6) is 2.86. The Bertz CT molecular complexity index is 660. The van der Waals surface area contributed by atoms with Gasteiger partial charge >= 0.3 is 0 Å². The van der Waals surface area contributed by atoms with Gasteiger partial charge in [0.25, 0.3) is 0 Å². The molecule has 0 N–H and O–H groups in total. The summed E-state index contributed by atoms with van der Waals surface area (Å²) in [4.78, 5) is 0. The van der Waals surface area contributed by atoms with E-state index in [1.807, 2.05) is 0 Å². The average Bonchev–Trinajstić information content (AvgIpc) is 3.17. The molecule has 5 heteroatoms. The quantitative estimate of drug-likeness (QED) is 0.546. The maximum absolute atomic E-state index is 7.23. The minimum absolute atomic E-state index is 0.200. The van der Waals surface area contributed by atoms with Gasteiger partial charge < -0.3 is 9.19 Å². The van der Waals surface area contributed by atoms with Gasteiger partial charge in [0.15, 0.2) is 0 Å². The summed E-state index contributed by atoms with van der Waals surface area (Å²) >= 11 is 3.59. The number of hydrogen-bond acceptors (Lipinski definition) is 3. The Hall–Kier alpha value is -0.150. The minimum Gasteiger partial charge on any atom is -0.320 e. The van der Waals surface area contributed by atoms with E-state index in [4.69, 9.17) is 4.52 Å². The molecular formula is C21H28BrN2OP. The molecule has 1 aromatic rings. The number of benzene rings is 1. The number of halogens is 1. The molecule has 1 aromatic carbocycles. The minimum atomic E-state index is -0.644. The second-order valence-corrected chi connectivity index (χ2v) is 12.1. The predicted molar refractivity (Wildman–Crippen MR) is 110 cm³/mol. The van der Waals surface area contributed by atoms with Crippen molar-refractivity contribution in [3.05, 3.63) is 28.7 Å². The van der Waals surface area contributed by atoms with Crippen LogP contribution < -0.4 is 4.67 Å². The lowest BCUT2D eigenvalue weighted by molar-refractivity contribution is -0.105. The third-order valence-electron chi connectivity index (χ3n) is 7.54. The van der Waals surface area contributed by atoms with Gasteiger partial charge in [0.05, 0.1) is 5.60 Å². The Morgan fingerprint density at radius 3 is 2.31 bits per heavy atom. The summed E-state index contributed by atoms with van der Waals surface area (Å²) in [5.41, 5.74) is 1.55. The molecule has 2 aliphatic heterocycles. The maximum atomic E-state index is 7.23. The molecule has 4 bridgehead atoms. The Labute approximate surface area is 166 Å². The Kier molecular flexibility index (Phi) is 3.98. The summed E-state index contributed by atoms with van der Waals surface area (Å²) in [6, 6.07) is 9.60. The summed E-state index contributed by atoms with van der Waals surface area (Å²) in [6.07, 6.45) is 11.2. The molecule has 2 saturated heterocycles. The van der Waals surface area contributed by atoms with Gasteiger partial charge in [-0.25, -0.2) is 4.67 Å². The lowest BCUT2D eigenvalue weighted by Crippen LogP contribution is -2.52. The summed E-state index contributed by atoms with van der Waals surface area (Å²) < 4.78 is 13.7. The standard InChI is InChI=1S/C21H28BrN2OP/c22-18-3-5-19(6-4-18)24-14-20-2-1-7-23(20)26(24)25-21-11-15-8-16(12-21)10-17(9-15)13-21/h3-6,15-17,20H,1-2,7-14H2/t15?,16?,17?,20-,21?,26+/m0/s1. The molecule has 0 radical (unpaired) electrons. The number of hydrogen-bond donors (Lipinski definition) is 0. The molecule has 0 spiro atoms. The second-order valence-electron chi connectivity index (χ2n) is 9.46. The van der Waals surface area contributed by atoms with Crippen molar-refractivity contribution in [1.82, 2.24) is 4.67 Å². The van der Waals surface area contributed by atoms with Crippen molar-refractivity contribution in [2.75, 3.05) is 17.8 Å². The van der Waals surface area contributed by atoms with E-state index in [-0.39, 0.29) is 5.60 Å². The van der Waals surface area contributed by atoms with E-state index >= 15 is 0 Å². The molecule has 2 atom stereocenters. The number of anilines is 1. The van der Waals surface area contributed by atoms with Crippen LogP contribution in [0.25, 0.3) is 0 Å². The normalized spacial score (nSPS) is 44.0. The van der Waals surface area contributed by atoms with Crippen molar-refractivity contribution < 1.29 is 4.52 Å². The van der Waals surface area contributed by atoms with Gasteiger partial charge in [-0.15, -0.1) is 0 Å². The highest BCUT2D eigenvalue weighted by Crippen LogP contribution is 2.65. The van der Waals surface area contributed by atoms with Crippen LogP contribution in [0.1, 0.15) is 51.4 Å². The highest BCUT2D eigenvalue weighted by atomic mass is 79.9. The van der Waals surface area contributed by atoms with E-state index in [0.29, 0.717) is 6.04 Å². The van der Waals surface area contributed by atoms with E-state index in [1.54, 1.807) is 0 Å². The zero-order chi connectivity index (χ0) is 17.3. The molecule has 140 valence electrons. The van der Waals surface area contributed by atoms with Crippen molar-refractivity contribution in [1.29, 1.82) is 0 Å². The number of rotatable bonds is 3. The van der Waals surface area contributed by atoms with Crippen LogP contribution in [0.3, 0.4) is 0 Å². The Balaban J connectivity index is 1.31. The molecule has 26 heavy (non-hydrogen) atoms. The van der Waals surface area contributed by atoms with Crippen LogP contribution in [-0.4, -0.2) is 29.4 Å². The average molecular weight is 435 g/mol. The fourth-order valence-corrected chi connectivity index (χ4v) is 9.63. The van der Waals surface area contributed by atoms with Gasteiger partial charge in [0, 0.05) is 29.3 Å². The molecule has 0 aromatic heterocycles. The number of nitrogens with zero attached hydrogens (tertiary/aromatic N) is 2. The van der Waals surface area contributed by atoms with Crippen molar-refractivity contribution in [3.63, 3.8) is 0 Å². The van der Waals surface area contributed by atoms with Crippen LogP contribution in [0.5, 0.6) is 0 Å². The van der Waals surface area contributed by atoms with Crippen molar-refractivity contribution in [2.45, 2.75) is 63.0 Å². The molecule has 6 aliphatic rings. The first-order chi connectivity index (χ1) is 12.7. The number of fused-ring (bicyclic) bond motifs is 1. The Morgan fingerprint density at radius 2 is 1.65 bits per heavy atom. The van der Waals surface area contributed by atoms with Crippen LogP contribution in [0.15, 0.2) is 28.7 Å². The summed E-state index contributed by atoms with van der Waals surface area (Å²) in [7, 11) is -0.644. The van der Waals surface area contributed by atoms with E-state index in [0.717, 1.165) is 28.8 Å². The van der Waals surface area contributed by atoms with E-state index in [9.17, 15) is 0 Å². The van der Waals surface area contributed by atoms with E-state index < -0.39 is 8.45 Å². The lowest BCUT2D eigenvalue weighted by atomic mass is 9.54. The van der Waals surface area contributed by atoms with Crippen LogP contribution in [-0.2, 0) is 4.52 Å². The van der Waals surface area contributed by atoms with Crippen LogP contribution in [0.2, 0.25) is 0 Å². The first-order valence-corrected chi connectivity index (χ1v) is 12.4. The molecule has 7 rings (SSSR count). The van der Waals surface area contributed by atoms with Gasteiger partial charge in [-0.3, -0.25) is 0 Å². The van der Waals surface area contributed by atoms with E-state index in [1.165, 1.54) is 63.6 Å². The zero-order valence-electron chi connectivity index (χ0n) is 15.3. The molecule has 4 aliphatic carbocycles. The monoisotopic (exact) mass is 434 g/mol. The SMILES string of the molecule is Brc1ccc(N2C[C@@H]3CCCN3[P@@]2OC23CC4CC(CC(C4)C2)C3)cc1. The van der Waals surface area contributed by atoms with Gasteiger partial charge in [-0.05, 0) is 93.4 Å². The molecule has 0 amide bonds. The lowest BCUT2D eigenvalue weighted by Gasteiger charge is -2.57. The summed E-state index contributed by atoms with van der Waals surface area (Å²) in [5, 5.41) is 0. The second kappa shape index (κ2) is 6.17. The molecule has 2 heterocycles. The van der Waals surface area contributed by atoms with Crippen molar-refractivity contribution in [3.8, 4) is 0 Å². The van der Waals surface area contributed by atoms with Crippen molar-refractivity contribution >= 4 is 30.1 Å². The van der Waals surface area contributed by atoms with Crippen LogP contribution in [0.4, 0.5) is 5.69 Å². The maximum Gasteiger partial charge on any atom is 0.218 e. The van der Waals surface area contributed by atoms with Gasteiger partial charge in [-0.1, -0.05) is 15.9 Å². The molecule has 0 unspecified atom stereocenters. The van der Waals surface area contributed by atoms with Crippen LogP contribution in [0, 0.1) is 17.8 Å². The fraction of sp³-hybridized carbons (Fsp3) is 0.714. The zero-order valence-corrected chi connectivity index (χ0v) is 17.8. The van der Waals surface area contributed by atoms with Gasteiger partial charge in [-0.2, -0.15) is 0 Å². The van der Waals surface area contributed by atoms with Crippen LogP contribution >= 0.6 is 24.4 Å². The first kappa shape index (κ1) is 16.8. The third kappa shape index (κ3) is 2.70. The molecular weight excluding hydrogens is 407 g/mol. The molecule has 3 nitrogen and oxygen atoms in total. The first-order valence-electron chi connectivity index (χ1n) is 10.5.